The number of carbonyl (C=O) groups is 1. The standard InChI is InChI=1S/C18H19N3O3/c1-3-12(22)6-4-5-7-13-15-11(8-9-21(2)18(15)24)10-14(16(13)19)17(20)23/h3-10,22H,19H2,1-2H3,(H2,20,23)/b6-4-,7-5+,12-3-. The van der Waals surface area contributed by atoms with Gasteiger partial charge in [-0.05, 0) is 36.6 Å². The first kappa shape index (κ1) is 17.1. The van der Waals surface area contributed by atoms with Crippen LogP contribution in [-0.2, 0) is 7.05 Å². The van der Waals surface area contributed by atoms with Crippen LogP contribution in [-0.4, -0.2) is 15.6 Å². The van der Waals surface area contributed by atoms with Crippen LogP contribution in [0.1, 0.15) is 22.8 Å². The summed E-state index contributed by atoms with van der Waals surface area (Å²) in [7, 11) is 1.64. The SMILES string of the molecule is C/C=C(O)/C=C\C=C\c1c(N)c(C(N)=O)cc2ccn(C)c(=O)c12. The third-order valence-corrected chi connectivity index (χ3v) is 3.65. The van der Waals surface area contributed by atoms with Crippen LogP contribution in [0.4, 0.5) is 5.69 Å². The number of rotatable bonds is 4. The molecule has 2 rings (SSSR count). The van der Waals surface area contributed by atoms with Crippen LogP contribution in [0.3, 0.4) is 0 Å². The number of amides is 1. The Morgan fingerprint density at radius 1 is 1.33 bits per heavy atom. The molecule has 0 atom stereocenters. The molecule has 0 saturated heterocycles. The summed E-state index contributed by atoms with van der Waals surface area (Å²) >= 11 is 0. The number of hydrogen-bond donors (Lipinski definition) is 3. The zero-order valence-electron chi connectivity index (χ0n) is 13.5. The average molecular weight is 325 g/mol. The number of hydrogen-bond acceptors (Lipinski definition) is 4. The number of nitrogens with two attached hydrogens (primary N) is 2. The molecule has 1 heterocycles. The van der Waals surface area contributed by atoms with Crippen LogP contribution in [0.2, 0.25) is 0 Å². The summed E-state index contributed by atoms with van der Waals surface area (Å²) in [5, 5.41) is 10.4. The first-order chi connectivity index (χ1) is 11.4. The third-order valence-electron chi connectivity index (χ3n) is 3.65. The van der Waals surface area contributed by atoms with Gasteiger partial charge in [0, 0.05) is 18.8 Å². The minimum absolute atomic E-state index is 0.110. The van der Waals surface area contributed by atoms with Crippen LogP contribution >= 0.6 is 0 Å². The number of aliphatic hydroxyl groups excluding tert-OH is 1. The van der Waals surface area contributed by atoms with Gasteiger partial charge in [-0.25, -0.2) is 0 Å². The molecule has 0 radical (unpaired) electrons. The summed E-state index contributed by atoms with van der Waals surface area (Å²) in [6, 6.07) is 3.24. The lowest BCUT2D eigenvalue weighted by Crippen LogP contribution is -2.19. The predicted octanol–water partition coefficient (Wildman–Crippen LogP) is 2.25. The summed E-state index contributed by atoms with van der Waals surface area (Å²) in [5.74, 6) is -0.550. The smallest absolute Gasteiger partial charge is 0.258 e. The molecule has 0 spiro atoms. The number of aliphatic hydroxyl groups is 1. The number of aryl methyl sites for hydroxylation is 1. The van der Waals surface area contributed by atoms with E-state index in [4.69, 9.17) is 11.5 Å². The lowest BCUT2D eigenvalue weighted by molar-refractivity contribution is 0.100. The lowest BCUT2D eigenvalue weighted by Gasteiger charge is -2.11. The number of carbonyl (C=O) groups excluding carboxylic acids is 1. The first-order valence-corrected chi connectivity index (χ1v) is 7.28. The number of benzene rings is 1. The Hall–Kier alpha value is -3.28. The van der Waals surface area contributed by atoms with Gasteiger partial charge in [0.2, 0.25) is 0 Å². The zero-order valence-corrected chi connectivity index (χ0v) is 13.5. The Balaban J connectivity index is 2.73. The Labute approximate surface area is 139 Å². The average Bonchev–Trinajstić information content (AvgIpc) is 2.55. The summed E-state index contributed by atoms with van der Waals surface area (Å²) in [6.07, 6.45) is 9.49. The molecule has 1 aromatic carbocycles. The molecule has 0 aliphatic heterocycles. The Morgan fingerprint density at radius 2 is 2.04 bits per heavy atom. The topological polar surface area (TPSA) is 111 Å². The zero-order chi connectivity index (χ0) is 17.9. The molecule has 6 nitrogen and oxygen atoms in total. The number of aromatic nitrogens is 1. The molecule has 0 bridgehead atoms. The van der Waals surface area contributed by atoms with Crippen LogP contribution in [0.5, 0.6) is 0 Å². The predicted molar refractivity (Wildman–Crippen MR) is 96.7 cm³/mol. The molecule has 24 heavy (non-hydrogen) atoms. The van der Waals surface area contributed by atoms with E-state index >= 15 is 0 Å². The highest BCUT2D eigenvalue weighted by atomic mass is 16.3. The molecule has 5 N–H and O–H groups in total. The minimum Gasteiger partial charge on any atom is -0.508 e. The maximum atomic E-state index is 12.5. The second kappa shape index (κ2) is 6.87. The molecule has 0 fully saturated rings. The van der Waals surface area contributed by atoms with E-state index in [0.29, 0.717) is 16.3 Å². The van der Waals surface area contributed by atoms with Gasteiger partial charge in [-0.2, -0.15) is 0 Å². The highest BCUT2D eigenvalue weighted by molar-refractivity contribution is 6.07. The van der Waals surface area contributed by atoms with Crippen molar-refractivity contribution in [2.24, 2.45) is 12.8 Å². The molecule has 0 saturated carbocycles. The van der Waals surface area contributed by atoms with Crippen molar-refractivity contribution in [1.29, 1.82) is 0 Å². The molecule has 0 aliphatic rings. The highest BCUT2D eigenvalue weighted by Gasteiger charge is 2.15. The fraction of sp³-hybridized carbons (Fsp3) is 0.111. The van der Waals surface area contributed by atoms with Gasteiger partial charge in [-0.15, -0.1) is 0 Å². The number of anilines is 1. The fourth-order valence-electron chi connectivity index (χ4n) is 2.33. The molecule has 6 heteroatoms. The lowest BCUT2D eigenvalue weighted by atomic mass is 9.98. The second-order valence-corrected chi connectivity index (χ2v) is 5.24. The van der Waals surface area contributed by atoms with E-state index in [1.165, 1.54) is 22.8 Å². The number of fused-ring (bicyclic) bond motifs is 1. The van der Waals surface area contributed by atoms with Crippen molar-refractivity contribution in [3.8, 4) is 0 Å². The maximum Gasteiger partial charge on any atom is 0.258 e. The van der Waals surface area contributed by atoms with Crippen molar-refractivity contribution in [1.82, 2.24) is 4.57 Å². The quantitative estimate of drug-likeness (QED) is 0.455. The second-order valence-electron chi connectivity index (χ2n) is 5.24. The van der Waals surface area contributed by atoms with Gasteiger partial charge in [0.25, 0.3) is 11.5 Å². The number of allylic oxidation sites excluding steroid dienone is 4. The largest absolute Gasteiger partial charge is 0.508 e. The van der Waals surface area contributed by atoms with Gasteiger partial charge in [-0.3, -0.25) is 9.59 Å². The van der Waals surface area contributed by atoms with Crippen molar-refractivity contribution in [3.05, 3.63) is 69.9 Å². The van der Waals surface area contributed by atoms with Crippen molar-refractivity contribution in [3.63, 3.8) is 0 Å². The van der Waals surface area contributed by atoms with Crippen LogP contribution in [0.25, 0.3) is 16.8 Å². The number of nitrogens with zero attached hydrogens (tertiary/aromatic N) is 1. The molecule has 1 amide bonds. The molecule has 0 aliphatic carbocycles. The van der Waals surface area contributed by atoms with E-state index in [0.717, 1.165) is 0 Å². The fourth-order valence-corrected chi connectivity index (χ4v) is 2.33. The van der Waals surface area contributed by atoms with Gasteiger partial charge in [0.15, 0.2) is 0 Å². The molecule has 124 valence electrons. The number of nitrogen functional groups attached to an aromatic ring is 1. The van der Waals surface area contributed by atoms with Gasteiger partial charge in [0.1, 0.15) is 5.76 Å². The van der Waals surface area contributed by atoms with Crippen LogP contribution in [0.15, 0.2) is 53.2 Å². The monoisotopic (exact) mass is 325 g/mol. The number of primary amides is 1. The van der Waals surface area contributed by atoms with Crippen LogP contribution in [0, 0.1) is 0 Å². The van der Waals surface area contributed by atoms with E-state index < -0.39 is 5.91 Å². The Bertz CT molecular complexity index is 950. The normalized spacial score (nSPS) is 12.5. The minimum atomic E-state index is -0.660. The Morgan fingerprint density at radius 3 is 2.67 bits per heavy atom. The van der Waals surface area contributed by atoms with E-state index in [2.05, 4.69) is 0 Å². The summed E-state index contributed by atoms with van der Waals surface area (Å²) in [6.45, 7) is 1.70. The summed E-state index contributed by atoms with van der Waals surface area (Å²) in [4.78, 5) is 24.1. The maximum absolute atomic E-state index is 12.5. The molecule has 1 aromatic heterocycles. The van der Waals surface area contributed by atoms with Crippen molar-refractivity contribution in [2.75, 3.05) is 5.73 Å². The van der Waals surface area contributed by atoms with Crippen molar-refractivity contribution in [2.45, 2.75) is 6.92 Å². The van der Waals surface area contributed by atoms with E-state index in [1.54, 1.807) is 44.5 Å². The summed E-state index contributed by atoms with van der Waals surface area (Å²) < 4.78 is 1.44. The van der Waals surface area contributed by atoms with E-state index in [1.807, 2.05) is 0 Å². The number of pyridine rings is 1. The van der Waals surface area contributed by atoms with Gasteiger partial charge < -0.3 is 21.1 Å². The molecular formula is C18H19N3O3. The third kappa shape index (κ3) is 3.22. The first-order valence-electron chi connectivity index (χ1n) is 7.28. The van der Waals surface area contributed by atoms with Crippen molar-refractivity contribution >= 4 is 28.4 Å². The molecule has 2 aromatic rings. The van der Waals surface area contributed by atoms with E-state index in [-0.39, 0.29) is 22.6 Å². The van der Waals surface area contributed by atoms with Crippen molar-refractivity contribution < 1.29 is 9.90 Å². The molecular weight excluding hydrogens is 306 g/mol. The summed E-state index contributed by atoms with van der Waals surface area (Å²) in [5.41, 5.74) is 11.9. The van der Waals surface area contributed by atoms with E-state index in [9.17, 15) is 14.7 Å². The highest BCUT2D eigenvalue weighted by Crippen LogP contribution is 2.27. The van der Waals surface area contributed by atoms with Crippen LogP contribution < -0.4 is 17.0 Å². The Kier molecular flexibility index (Phi) is 4.89. The van der Waals surface area contributed by atoms with Gasteiger partial charge in [-0.1, -0.05) is 18.2 Å². The van der Waals surface area contributed by atoms with Gasteiger partial charge >= 0.3 is 0 Å². The molecule has 0 unspecified atom stereocenters. The van der Waals surface area contributed by atoms with Gasteiger partial charge in [0.05, 0.1) is 16.6 Å².